The SMILES string of the molecule is Cc1ccnn1CCNC(=O)c1nc2ccc(F)cc2[nH]1. The summed E-state index contributed by atoms with van der Waals surface area (Å²) in [5.74, 6) is -0.517. The van der Waals surface area contributed by atoms with E-state index in [1.165, 1.54) is 18.2 Å². The van der Waals surface area contributed by atoms with Crippen molar-refractivity contribution in [3.8, 4) is 0 Å². The van der Waals surface area contributed by atoms with E-state index in [1.807, 2.05) is 13.0 Å². The summed E-state index contributed by atoms with van der Waals surface area (Å²) in [6.07, 6.45) is 1.71. The van der Waals surface area contributed by atoms with Crippen LogP contribution in [-0.2, 0) is 6.54 Å². The number of amides is 1. The van der Waals surface area contributed by atoms with E-state index in [9.17, 15) is 9.18 Å². The molecule has 21 heavy (non-hydrogen) atoms. The van der Waals surface area contributed by atoms with Gasteiger partial charge in [-0.1, -0.05) is 0 Å². The lowest BCUT2D eigenvalue weighted by Crippen LogP contribution is -2.28. The number of nitrogens with zero attached hydrogens (tertiary/aromatic N) is 3. The van der Waals surface area contributed by atoms with E-state index in [0.717, 1.165) is 5.69 Å². The molecule has 2 N–H and O–H groups in total. The van der Waals surface area contributed by atoms with Crippen molar-refractivity contribution in [2.75, 3.05) is 6.54 Å². The molecule has 0 atom stereocenters. The molecule has 0 saturated carbocycles. The van der Waals surface area contributed by atoms with Gasteiger partial charge in [-0.05, 0) is 31.2 Å². The Morgan fingerprint density at radius 1 is 1.43 bits per heavy atom. The Kier molecular flexibility index (Phi) is 3.39. The van der Waals surface area contributed by atoms with Gasteiger partial charge >= 0.3 is 0 Å². The van der Waals surface area contributed by atoms with Crippen molar-refractivity contribution in [1.82, 2.24) is 25.1 Å². The second-order valence-electron chi connectivity index (χ2n) is 4.70. The third kappa shape index (κ3) is 2.76. The summed E-state index contributed by atoms with van der Waals surface area (Å²) in [6.45, 7) is 2.97. The largest absolute Gasteiger partial charge is 0.348 e. The number of rotatable bonds is 4. The predicted molar refractivity (Wildman–Crippen MR) is 75.3 cm³/mol. The number of imidazole rings is 1. The van der Waals surface area contributed by atoms with Gasteiger partial charge in [0.2, 0.25) is 0 Å². The number of hydrogen-bond acceptors (Lipinski definition) is 3. The van der Waals surface area contributed by atoms with Crippen LogP contribution in [0, 0.1) is 12.7 Å². The highest BCUT2D eigenvalue weighted by molar-refractivity contribution is 5.94. The molecule has 0 aliphatic heterocycles. The van der Waals surface area contributed by atoms with Gasteiger partial charge in [-0.25, -0.2) is 9.37 Å². The Hall–Kier alpha value is -2.70. The quantitative estimate of drug-likeness (QED) is 0.766. The number of carbonyl (C=O) groups excluding carboxylic acids is 1. The molecule has 6 nitrogen and oxygen atoms in total. The van der Waals surface area contributed by atoms with Gasteiger partial charge in [0.15, 0.2) is 5.82 Å². The van der Waals surface area contributed by atoms with Gasteiger partial charge in [0.25, 0.3) is 5.91 Å². The highest BCUT2D eigenvalue weighted by Crippen LogP contribution is 2.12. The molecule has 1 aromatic carbocycles. The summed E-state index contributed by atoms with van der Waals surface area (Å²) in [4.78, 5) is 18.9. The van der Waals surface area contributed by atoms with E-state index in [-0.39, 0.29) is 17.5 Å². The molecule has 2 heterocycles. The van der Waals surface area contributed by atoms with Crippen LogP contribution < -0.4 is 5.32 Å². The number of halogens is 1. The first-order valence-electron chi connectivity index (χ1n) is 6.55. The second kappa shape index (κ2) is 5.35. The average molecular weight is 287 g/mol. The van der Waals surface area contributed by atoms with E-state index < -0.39 is 0 Å². The number of hydrogen-bond donors (Lipinski definition) is 2. The topological polar surface area (TPSA) is 75.6 Å². The van der Waals surface area contributed by atoms with Crippen LogP contribution in [0.3, 0.4) is 0 Å². The van der Waals surface area contributed by atoms with Gasteiger partial charge < -0.3 is 10.3 Å². The Balaban J connectivity index is 1.65. The highest BCUT2D eigenvalue weighted by Gasteiger charge is 2.11. The van der Waals surface area contributed by atoms with Crippen molar-refractivity contribution in [1.29, 1.82) is 0 Å². The van der Waals surface area contributed by atoms with Crippen LogP contribution in [0.2, 0.25) is 0 Å². The summed E-state index contributed by atoms with van der Waals surface area (Å²) in [7, 11) is 0. The van der Waals surface area contributed by atoms with Crippen molar-refractivity contribution in [2.45, 2.75) is 13.5 Å². The van der Waals surface area contributed by atoms with Gasteiger partial charge in [0.1, 0.15) is 5.82 Å². The summed E-state index contributed by atoms with van der Waals surface area (Å²) >= 11 is 0. The van der Waals surface area contributed by atoms with Crippen molar-refractivity contribution in [2.24, 2.45) is 0 Å². The molecular formula is C14H14FN5O. The fraction of sp³-hybridized carbons (Fsp3) is 0.214. The Morgan fingerprint density at radius 3 is 3.05 bits per heavy atom. The lowest BCUT2D eigenvalue weighted by Gasteiger charge is -2.05. The molecule has 3 aromatic rings. The molecule has 7 heteroatoms. The van der Waals surface area contributed by atoms with Gasteiger partial charge in [-0.15, -0.1) is 0 Å². The van der Waals surface area contributed by atoms with Crippen molar-refractivity contribution >= 4 is 16.9 Å². The molecule has 0 aliphatic carbocycles. The van der Waals surface area contributed by atoms with Crippen LogP contribution in [0.1, 0.15) is 16.3 Å². The molecule has 1 amide bonds. The van der Waals surface area contributed by atoms with Crippen LogP contribution in [0.15, 0.2) is 30.5 Å². The van der Waals surface area contributed by atoms with E-state index in [0.29, 0.717) is 24.1 Å². The fourth-order valence-electron chi connectivity index (χ4n) is 2.08. The lowest BCUT2D eigenvalue weighted by molar-refractivity contribution is 0.0942. The zero-order valence-corrected chi connectivity index (χ0v) is 11.4. The number of benzene rings is 1. The maximum absolute atomic E-state index is 13.1. The van der Waals surface area contributed by atoms with Gasteiger partial charge in [-0.3, -0.25) is 9.48 Å². The van der Waals surface area contributed by atoms with E-state index >= 15 is 0 Å². The normalized spacial score (nSPS) is 11.0. The number of H-pyrrole nitrogens is 1. The number of fused-ring (bicyclic) bond motifs is 1. The Morgan fingerprint density at radius 2 is 2.29 bits per heavy atom. The van der Waals surface area contributed by atoms with Crippen LogP contribution in [0.4, 0.5) is 4.39 Å². The standard InChI is InChI=1S/C14H14FN5O/c1-9-4-5-17-20(9)7-6-16-14(21)13-18-11-3-2-10(15)8-12(11)19-13/h2-5,8H,6-7H2,1H3,(H,16,21)(H,18,19). The van der Waals surface area contributed by atoms with Crippen molar-refractivity contribution < 1.29 is 9.18 Å². The minimum Gasteiger partial charge on any atom is -0.348 e. The number of aryl methyl sites for hydroxylation is 1. The molecule has 108 valence electrons. The number of nitrogens with one attached hydrogen (secondary N) is 2. The highest BCUT2D eigenvalue weighted by atomic mass is 19.1. The molecule has 0 saturated heterocycles. The number of carbonyl (C=O) groups is 1. The minimum absolute atomic E-state index is 0.174. The average Bonchev–Trinajstić information content (AvgIpc) is 3.05. The minimum atomic E-state index is -0.368. The maximum atomic E-state index is 13.1. The predicted octanol–water partition coefficient (Wildman–Crippen LogP) is 1.64. The first-order chi connectivity index (χ1) is 10.1. The number of aromatic amines is 1. The molecule has 3 rings (SSSR count). The van der Waals surface area contributed by atoms with Gasteiger partial charge in [0.05, 0.1) is 17.6 Å². The van der Waals surface area contributed by atoms with Crippen LogP contribution in [0.25, 0.3) is 11.0 Å². The lowest BCUT2D eigenvalue weighted by atomic mass is 10.3. The van der Waals surface area contributed by atoms with Crippen LogP contribution >= 0.6 is 0 Å². The molecule has 0 radical (unpaired) electrons. The first kappa shape index (κ1) is 13.3. The molecule has 0 unspecified atom stereocenters. The zero-order chi connectivity index (χ0) is 14.8. The first-order valence-corrected chi connectivity index (χ1v) is 6.55. The fourth-order valence-corrected chi connectivity index (χ4v) is 2.08. The molecular weight excluding hydrogens is 273 g/mol. The molecule has 2 aromatic heterocycles. The third-order valence-electron chi connectivity index (χ3n) is 3.20. The Bertz CT molecular complexity index is 792. The molecule has 0 aliphatic rings. The molecule has 0 spiro atoms. The van der Waals surface area contributed by atoms with E-state index in [1.54, 1.807) is 10.9 Å². The second-order valence-corrected chi connectivity index (χ2v) is 4.70. The summed E-state index contributed by atoms with van der Waals surface area (Å²) in [6, 6.07) is 6.05. The molecule has 0 fully saturated rings. The smallest absolute Gasteiger partial charge is 0.287 e. The summed E-state index contributed by atoms with van der Waals surface area (Å²) in [5.41, 5.74) is 2.09. The number of aromatic nitrogens is 4. The van der Waals surface area contributed by atoms with Crippen molar-refractivity contribution in [3.05, 3.63) is 47.8 Å². The van der Waals surface area contributed by atoms with Gasteiger partial charge in [0, 0.05) is 18.4 Å². The van der Waals surface area contributed by atoms with E-state index in [4.69, 9.17) is 0 Å². The van der Waals surface area contributed by atoms with Crippen LogP contribution in [-0.4, -0.2) is 32.2 Å². The zero-order valence-electron chi connectivity index (χ0n) is 11.4. The van der Waals surface area contributed by atoms with Crippen LogP contribution in [0.5, 0.6) is 0 Å². The van der Waals surface area contributed by atoms with Crippen molar-refractivity contribution in [3.63, 3.8) is 0 Å². The summed E-state index contributed by atoms with van der Waals surface area (Å²) in [5, 5.41) is 6.88. The van der Waals surface area contributed by atoms with Gasteiger partial charge in [-0.2, -0.15) is 5.10 Å². The summed E-state index contributed by atoms with van der Waals surface area (Å²) < 4.78 is 14.9. The third-order valence-corrected chi connectivity index (χ3v) is 3.20. The van der Waals surface area contributed by atoms with E-state index in [2.05, 4.69) is 20.4 Å². The maximum Gasteiger partial charge on any atom is 0.287 e. The molecule has 0 bridgehead atoms. The monoisotopic (exact) mass is 287 g/mol. The Labute approximate surface area is 120 Å².